The van der Waals surface area contributed by atoms with E-state index in [1.807, 2.05) is 6.92 Å². The Hall–Kier alpha value is -2.41. The molecule has 19 heavy (non-hydrogen) atoms. The van der Waals surface area contributed by atoms with Gasteiger partial charge in [-0.05, 0) is 19.1 Å². The minimum Gasteiger partial charge on any atom is -0.365 e. The van der Waals surface area contributed by atoms with E-state index in [9.17, 15) is 9.59 Å². The van der Waals surface area contributed by atoms with Crippen LogP contribution in [-0.2, 0) is 4.79 Å². The third-order valence-electron chi connectivity index (χ3n) is 2.74. The Labute approximate surface area is 112 Å². The molecule has 0 bridgehead atoms. The summed E-state index contributed by atoms with van der Waals surface area (Å²) >= 11 is 1.18. The number of amides is 2. The second-order valence-corrected chi connectivity index (χ2v) is 5.23. The molecule has 0 saturated heterocycles. The summed E-state index contributed by atoms with van der Waals surface area (Å²) in [6.45, 7) is 1.88. The van der Waals surface area contributed by atoms with Crippen molar-refractivity contribution in [3.63, 3.8) is 0 Å². The second-order valence-electron chi connectivity index (χ2n) is 4.18. The van der Waals surface area contributed by atoms with Gasteiger partial charge in [0, 0.05) is 17.5 Å². The molecule has 2 aromatic heterocycles. The number of aromatic nitrogens is 2. The Bertz CT molecular complexity index is 726. The van der Waals surface area contributed by atoms with Crippen molar-refractivity contribution in [1.29, 1.82) is 0 Å². The largest absolute Gasteiger partial charge is 0.365 e. The van der Waals surface area contributed by atoms with Gasteiger partial charge in [-0.3, -0.25) is 9.59 Å². The molecule has 0 saturated carbocycles. The highest BCUT2D eigenvalue weighted by Gasteiger charge is 2.28. The predicted molar refractivity (Wildman–Crippen MR) is 72.7 cm³/mol. The molecular weight excluding hydrogens is 264 g/mol. The lowest BCUT2D eigenvalue weighted by Crippen LogP contribution is -2.09. The number of hydrogen-bond donors (Lipinski definition) is 3. The molecule has 3 heterocycles. The van der Waals surface area contributed by atoms with E-state index in [4.69, 9.17) is 5.73 Å². The van der Waals surface area contributed by atoms with Crippen LogP contribution in [0.25, 0.3) is 11.6 Å². The fraction of sp³-hybridized carbons (Fsp3) is 0.0833. The summed E-state index contributed by atoms with van der Waals surface area (Å²) in [5, 5.41) is 3.36. The van der Waals surface area contributed by atoms with Crippen molar-refractivity contribution in [3.05, 3.63) is 34.2 Å². The van der Waals surface area contributed by atoms with Crippen LogP contribution in [0.3, 0.4) is 0 Å². The third-order valence-corrected chi connectivity index (χ3v) is 3.81. The molecule has 0 aromatic carbocycles. The van der Waals surface area contributed by atoms with Crippen LogP contribution >= 0.6 is 11.3 Å². The maximum Gasteiger partial charge on any atom is 0.258 e. The van der Waals surface area contributed by atoms with Gasteiger partial charge in [-0.25, -0.2) is 4.98 Å². The van der Waals surface area contributed by atoms with Crippen molar-refractivity contribution in [2.45, 2.75) is 6.92 Å². The van der Waals surface area contributed by atoms with E-state index in [0.29, 0.717) is 26.8 Å². The van der Waals surface area contributed by atoms with Gasteiger partial charge in [0.25, 0.3) is 11.8 Å². The van der Waals surface area contributed by atoms with E-state index in [-0.39, 0.29) is 5.91 Å². The van der Waals surface area contributed by atoms with E-state index in [1.54, 1.807) is 18.3 Å². The molecule has 1 aliphatic heterocycles. The quantitative estimate of drug-likeness (QED) is 0.721. The standard InChI is InChI=1S/C12H10N4O2S/c1-5-4-14-9(15-5)3-6-7-2-8(10(13)17)19-12(7)16-11(6)18/h2-4H,1H3,(H2,13,17)(H,14,15)(H,16,18). The zero-order valence-corrected chi connectivity index (χ0v) is 10.8. The van der Waals surface area contributed by atoms with Crippen LogP contribution in [0.15, 0.2) is 12.3 Å². The maximum absolute atomic E-state index is 11.9. The van der Waals surface area contributed by atoms with Crippen LogP contribution in [0.1, 0.15) is 26.8 Å². The van der Waals surface area contributed by atoms with Crippen LogP contribution < -0.4 is 11.1 Å². The molecule has 0 aliphatic carbocycles. The summed E-state index contributed by atoms with van der Waals surface area (Å²) in [6, 6.07) is 1.63. The van der Waals surface area contributed by atoms with Crippen molar-refractivity contribution in [1.82, 2.24) is 9.97 Å². The van der Waals surface area contributed by atoms with E-state index in [1.165, 1.54) is 11.3 Å². The van der Waals surface area contributed by atoms with Gasteiger partial charge in [-0.15, -0.1) is 11.3 Å². The van der Waals surface area contributed by atoms with Gasteiger partial charge in [0.2, 0.25) is 0 Å². The van der Waals surface area contributed by atoms with E-state index in [0.717, 1.165) is 5.69 Å². The summed E-state index contributed by atoms with van der Waals surface area (Å²) in [5.74, 6) is -0.101. The van der Waals surface area contributed by atoms with Gasteiger partial charge in [0.1, 0.15) is 10.8 Å². The van der Waals surface area contributed by atoms with Gasteiger partial charge < -0.3 is 16.0 Å². The second kappa shape index (κ2) is 4.06. The zero-order valence-electron chi connectivity index (χ0n) is 9.98. The van der Waals surface area contributed by atoms with Crippen LogP contribution in [-0.4, -0.2) is 21.8 Å². The summed E-state index contributed by atoms with van der Waals surface area (Å²) in [4.78, 5) is 30.6. The van der Waals surface area contributed by atoms with Crippen LogP contribution in [0.5, 0.6) is 0 Å². The molecule has 0 unspecified atom stereocenters. The Kier molecular flexibility index (Phi) is 2.49. The average molecular weight is 274 g/mol. The normalized spacial score (nSPS) is 15.6. The Morgan fingerprint density at radius 2 is 2.32 bits per heavy atom. The number of nitrogens with one attached hydrogen (secondary N) is 2. The summed E-state index contributed by atoms with van der Waals surface area (Å²) < 4.78 is 0. The number of thiophene rings is 1. The highest BCUT2D eigenvalue weighted by atomic mass is 32.1. The number of aryl methyl sites for hydroxylation is 1. The SMILES string of the molecule is Cc1cnc(C=C2C(=O)Nc3sc(C(N)=O)cc32)[nH]1. The number of nitrogens with zero attached hydrogens (tertiary/aromatic N) is 1. The van der Waals surface area contributed by atoms with Crippen molar-refractivity contribution < 1.29 is 9.59 Å². The van der Waals surface area contributed by atoms with Crippen molar-refractivity contribution in [2.75, 3.05) is 5.32 Å². The van der Waals surface area contributed by atoms with Gasteiger partial charge >= 0.3 is 0 Å². The molecular formula is C12H10N4O2S. The first kappa shape index (κ1) is 11.7. The number of fused-ring (bicyclic) bond motifs is 1. The third kappa shape index (κ3) is 1.93. The molecule has 0 spiro atoms. The van der Waals surface area contributed by atoms with Gasteiger partial charge in [-0.2, -0.15) is 0 Å². The Morgan fingerprint density at radius 1 is 1.53 bits per heavy atom. The number of carbonyl (C=O) groups is 2. The fourth-order valence-electron chi connectivity index (χ4n) is 1.88. The highest BCUT2D eigenvalue weighted by Crippen LogP contribution is 2.39. The zero-order chi connectivity index (χ0) is 13.6. The maximum atomic E-state index is 11.9. The average Bonchev–Trinajstić information content (AvgIpc) is 2.98. The van der Waals surface area contributed by atoms with E-state index >= 15 is 0 Å². The molecule has 3 rings (SSSR count). The number of anilines is 1. The molecule has 6 nitrogen and oxygen atoms in total. The smallest absolute Gasteiger partial charge is 0.258 e. The Morgan fingerprint density at radius 3 is 2.95 bits per heavy atom. The summed E-state index contributed by atoms with van der Waals surface area (Å²) in [6.07, 6.45) is 3.34. The first-order valence-corrected chi connectivity index (χ1v) is 6.35. The molecule has 0 radical (unpaired) electrons. The minimum atomic E-state index is -0.498. The number of imidazole rings is 1. The van der Waals surface area contributed by atoms with Gasteiger partial charge in [-0.1, -0.05) is 0 Å². The highest BCUT2D eigenvalue weighted by molar-refractivity contribution is 7.18. The lowest BCUT2D eigenvalue weighted by molar-refractivity contribution is -0.110. The van der Waals surface area contributed by atoms with Crippen LogP contribution in [0, 0.1) is 6.92 Å². The van der Waals surface area contributed by atoms with Gasteiger partial charge in [0.15, 0.2) is 0 Å². The summed E-state index contributed by atoms with van der Waals surface area (Å²) in [5.41, 5.74) is 7.31. The number of hydrogen-bond acceptors (Lipinski definition) is 4. The van der Waals surface area contributed by atoms with Crippen molar-refractivity contribution in [3.8, 4) is 0 Å². The minimum absolute atomic E-state index is 0.202. The number of primary amides is 1. The van der Waals surface area contributed by atoms with E-state index in [2.05, 4.69) is 15.3 Å². The predicted octanol–water partition coefficient (Wildman–Crippen LogP) is 1.37. The van der Waals surface area contributed by atoms with Crippen LogP contribution in [0.4, 0.5) is 5.00 Å². The number of rotatable bonds is 2. The molecule has 2 amide bonds. The molecule has 1 aliphatic rings. The first-order chi connectivity index (χ1) is 9.04. The van der Waals surface area contributed by atoms with Crippen molar-refractivity contribution >= 4 is 39.8 Å². The van der Waals surface area contributed by atoms with Crippen molar-refractivity contribution in [2.24, 2.45) is 5.73 Å². The fourth-order valence-corrected chi connectivity index (χ4v) is 2.80. The molecule has 4 N–H and O–H groups in total. The molecule has 96 valence electrons. The molecule has 2 aromatic rings. The molecule has 0 fully saturated rings. The lowest BCUT2D eigenvalue weighted by atomic mass is 10.1. The molecule has 7 heteroatoms. The number of nitrogens with two attached hydrogens (primary N) is 1. The lowest BCUT2D eigenvalue weighted by Gasteiger charge is -1.94. The van der Waals surface area contributed by atoms with Gasteiger partial charge in [0.05, 0.1) is 10.5 Å². The van der Waals surface area contributed by atoms with Crippen LogP contribution in [0.2, 0.25) is 0 Å². The Balaban J connectivity index is 2.06. The first-order valence-electron chi connectivity index (χ1n) is 5.53. The monoisotopic (exact) mass is 274 g/mol. The summed E-state index contributed by atoms with van der Waals surface area (Å²) in [7, 11) is 0. The number of carbonyl (C=O) groups excluding carboxylic acids is 2. The number of H-pyrrole nitrogens is 1. The van der Waals surface area contributed by atoms with E-state index < -0.39 is 5.91 Å². The topological polar surface area (TPSA) is 101 Å². The molecule has 0 atom stereocenters. The number of aromatic amines is 1.